The number of methoxy groups -OCH3 is 1. The van der Waals surface area contributed by atoms with Crippen molar-refractivity contribution >= 4 is 72.2 Å². The number of hydrogen-bond acceptors (Lipinski definition) is 6. The van der Waals surface area contributed by atoms with Gasteiger partial charge in [0.2, 0.25) is 0 Å². The average Bonchev–Trinajstić information content (AvgIpc) is 3.16. The number of aryl methyl sites for hydroxylation is 1. The average molecular weight is 547 g/mol. The Morgan fingerprint density at radius 3 is 2.73 bits per heavy atom. The van der Waals surface area contributed by atoms with Crippen molar-refractivity contribution in [2.45, 2.75) is 32.6 Å². The summed E-state index contributed by atoms with van der Waals surface area (Å²) in [6, 6.07) is 9.47. The molecule has 1 aromatic heterocycles. The maximum absolute atomic E-state index is 13.1. The Bertz CT molecular complexity index is 1250. The van der Waals surface area contributed by atoms with E-state index in [1.807, 2.05) is 24.3 Å². The molecular weight excluding hydrogens is 524 g/mol. The molecule has 2 aromatic carbocycles. The van der Waals surface area contributed by atoms with Crippen LogP contribution in [-0.4, -0.2) is 30.7 Å². The molecule has 1 aliphatic carbocycles. The van der Waals surface area contributed by atoms with Gasteiger partial charge in [-0.15, -0.1) is 11.3 Å². The molecule has 0 bridgehead atoms. The maximum Gasteiger partial charge on any atom is 0.341 e. The van der Waals surface area contributed by atoms with E-state index in [-0.39, 0.29) is 11.1 Å². The van der Waals surface area contributed by atoms with E-state index < -0.39 is 5.91 Å². The molecule has 0 saturated heterocycles. The Kier molecular flexibility index (Phi) is 7.31. The molecule has 0 atom stereocenters. The van der Waals surface area contributed by atoms with Gasteiger partial charge in [0.15, 0.2) is 5.11 Å². The van der Waals surface area contributed by atoms with E-state index in [0.29, 0.717) is 33.0 Å². The Labute approximate surface area is 209 Å². The number of halogens is 1. The summed E-state index contributed by atoms with van der Waals surface area (Å²) < 4.78 is 11.5. The van der Waals surface area contributed by atoms with Gasteiger partial charge in [0.05, 0.1) is 29.3 Å². The fraction of sp³-hybridized carbons (Fsp3) is 0.292. The monoisotopic (exact) mass is 546 g/mol. The van der Waals surface area contributed by atoms with E-state index in [0.717, 1.165) is 42.0 Å². The lowest BCUT2D eigenvalue weighted by Gasteiger charge is -2.15. The molecule has 1 heterocycles. The van der Waals surface area contributed by atoms with Crippen LogP contribution in [0.1, 0.15) is 50.9 Å². The number of amides is 1. The van der Waals surface area contributed by atoms with Gasteiger partial charge < -0.3 is 14.8 Å². The van der Waals surface area contributed by atoms with Crippen LogP contribution in [0, 0.1) is 0 Å². The number of benzene rings is 2. The number of ether oxygens (including phenoxy) is 2. The smallest absolute Gasteiger partial charge is 0.341 e. The van der Waals surface area contributed by atoms with Crippen LogP contribution in [0.25, 0.3) is 10.8 Å². The first-order valence-electron chi connectivity index (χ1n) is 10.6. The number of thiocarbonyl (C=S) groups is 1. The molecule has 0 unspecified atom stereocenters. The van der Waals surface area contributed by atoms with Crippen LogP contribution < -0.4 is 15.4 Å². The van der Waals surface area contributed by atoms with Gasteiger partial charge in [-0.25, -0.2) is 4.79 Å². The third kappa shape index (κ3) is 4.76. The minimum absolute atomic E-state index is 0.107. The molecule has 33 heavy (non-hydrogen) atoms. The minimum Gasteiger partial charge on any atom is -0.495 e. The molecule has 1 aliphatic rings. The zero-order chi connectivity index (χ0) is 23.5. The summed E-state index contributed by atoms with van der Waals surface area (Å²) in [5.74, 6) is -0.351. The number of hydrogen-bond donors (Lipinski definition) is 2. The maximum atomic E-state index is 13.1. The Morgan fingerprint density at radius 2 is 1.97 bits per heavy atom. The summed E-state index contributed by atoms with van der Waals surface area (Å²) in [5, 5.41) is 8.34. The number of anilines is 1. The summed E-state index contributed by atoms with van der Waals surface area (Å²) in [4.78, 5) is 26.9. The second-order valence-electron chi connectivity index (χ2n) is 7.54. The highest BCUT2D eigenvalue weighted by atomic mass is 79.9. The van der Waals surface area contributed by atoms with E-state index in [2.05, 4.69) is 26.6 Å². The Hall–Kier alpha value is -2.49. The van der Waals surface area contributed by atoms with Crippen LogP contribution in [0.15, 0.2) is 34.8 Å². The van der Waals surface area contributed by atoms with E-state index >= 15 is 0 Å². The molecule has 172 valence electrons. The van der Waals surface area contributed by atoms with Gasteiger partial charge in [0.25, 0.3) is 5.91 Å². The fourth-order valence-electron chi connectivity index (χ4n) is 4.03. The van der Waals surface area contributed by atoms with Crippen molar-refractivity contribution in [3.05, 3.63) is 56.4 Å². The SMILES string of the molecule is CCOC(=O)c1c(NC(=S)NC(=O)c2cc3ccccc3c(Br)c2OC)sc2c1CCCC2. The molecule has 3 aromatic rings. The quantitative estimate of drug-likeness (QED) is 0.308. The molecule has 0 aliphatic heterocycles. The first-order chi connectivity index (χ1) is 15.9. The largest absolute Gasteiger partial charge is 0.495 e. The molecule has 4 rings (SSSR count). The highest BCUT2D eigenvalue weighted by molar-refractivity contribution is 9.10. The fourth-order valence-corrected chi connectivity index (χ4v) is 6.31. The molecule has 6 nitrogen and oxygen atoms in total. The first kappa shape index (κ1) is 23.7. The molecule has 0 saturated carbocycles. The second kappa shape index (κ2) is 10.2. The number of carbonyl (C=O) groups excluding carboxylic acids is 2. The topological polar surface area (TPSA) is 76.7 Å². The van der Waals surface area contributed by atoms with Gasteiger partial charge in [0.1, 0.15) is 10.8 Å². The van der Waals surface area contributed by atoms with Gasteiger partial charge in [-0.1, -0.05) is 24.3 Å². The van der Waals surface area contributed by atoms with Gasteiger partial charge in [-0.05, 0) is 83.2 Å². The third-order valence-corrected chi connectivity index (χ3v) is 7.69. The van der Waals surface area contributed by atoms with Gasteiger partial charge in [0, 0.05) is 4.88 Å². The van der Waals surface area contributed by atoms with Crippen LogP contribution in [0.3, 0.4) is 0 Å². The summed E-state index contributed by atoms with van der Waals surface area (Å²) in [7, 11) is 1.52. The number of esters is 1. The Morgan fingerprint density at radius 1 is 1.21 bits per heavy atom. The van der Waals surface area contributed by atoms with Gasteiger partial charge in [-0.3, -0.25) is 10.1 Å². The normalized spacial score (nSPS) is 12.7. The molecule has 9 heteroatoms. The van der Waals surface area contributed by atoms with Crippen LogP contribution in [0.5, 0.6) is 5.75 Å². The van der Waals surface area contributed by atoms with Crippen LogP contribution in [-0.2, 0) is 17.6 Å². The summed E-state index contributed by atoms with van der Waals surface area (Å²) >= 11 is 10.5. The Balaban J connectivity index is 1.60. The summed E-state index contributed by atoms with van der Waals surface area (Å²) in [6.07, 6.45) is 3.89. The number of nitrogens with one attached hydrogen (secondary N) is 2. The van der Waals surface area contributed by atoms with Crippen molar-refractivity contribution in [3.63, 3.8) is 0 Å². The highest BCUT2D eigenvalue weighted by Crippen LogP contribution is 2.39. The molecular formula is C24H23BrN2O4S2. The number of fused-ring (bicyclic) bond motifs is 2. The zero-order valence-corrected chi connectivity index (χ0v) is 21.5. The van der Waals surface area contributed by atoms with E-state index in [4.69, 9.17) is 21.7 Å². The predicted molar refractivity (Wildman–Crippen MR) is 139 cm³/mol. The lowest BCUT2D eigenvalue weighted by Crippen LogP contribution is -2.34. The molecule has 0 fully saturated rings. The van der Waals surface area contributed by atoms with Gasteiger partial charge >= 0.3 is 5.97 Å². The highest BCUT2D eigenvalue weighted by Gasteiger charge is 2.27. The van der Waals surface area contributed by atoms with E-state index in [1.54, 1.807) is 13.0 Å². The summed E-state index contributed by atoms with van der Waals surface area (Å²) in [6.45, 7) is 2.07. The van der Waals surface area contributed by atoms with Crippen molar-refractivity contribution < 1.29 is 19.1 Å². The zero-order valence-electron chi connectivity index (χ0n) is 18.2. The van der Waals surface area contributed by atoms with E-state index in [1.165, 1.54) is 23.3 Å². The van der Waals surface area contributed by atoms with Crippen molar-refractivity contribution in [1.82, 2.24) is 5.32 Å². The molecule has 0 spiro atoms. The van der Waals surface area contributed by atoms with Crippen LogP contribution in [0.4, 0.5) is 5.00 Å². The molecule has 1 amide bonds. The summed E-state index contributed by atoms with van der Waals surface area (Å²) in [5.41, 5.74) is 1.91. The molecule has 2 N–H and O–H groups in total. The number of thiophene rings is 1. The van der Waals surface area contributed by atoms with Crippen molar-refractivity contribution in [2.75, 3.05) is 19.0 Å². The van der Waals surface area contributed by atoms with Crippen molar-refractivity contribution in [2.24, 2.45) is 0 Å². The van der Waals surface area contributed by atoms with Crippen LogP contribution in [0.2, 0.25) is 0 Å². The van der Waals surface area contributed by atoms with Crippen molar-refractivity contribution in [1.29, 1.82) is 0 Å². The molecule has 0 radical (unpaired) electrons. The lowest BCUT2D eigenvalue weighted by atomic mass is 9.95. The van der Waals surface area contributed by atoms with Crippen molar-refractivity contribution in [3.8, 4) is 5.75 Å². The first-order valence-corrected chi connectivity index (χ1v) is 12.7. The van der Waals surface area contributed by atoms with E-state index in [9.17, 15) is 9.59 Å². The lowest BCUT2D eigenvalue weighted by molar-refractivity contribution is 0.0526. The standard InChI is InChI=1S/C24H23BrN2O4S2/c1-3-31-23(29)18-15-10-6-7-11-17(15)33-22(18)27-24(32)26-21(28)16-12-13-8-4-5-9-14(13)19(25)20(16)30-2/h4-5,8-9,12H,3,6-7,10-11H2,1-2H3,(H2,26,27,28,32). The predicted octanol–water partition coefficient (Wildman–Crippen LogP) is 5.85. The number of carbonyl (C=O) groups is 2. The van der Waals surface area contributed by atoms with Gasteiger partial charge in [-0.2, -0.15) is 0 Å². The second-order valence-corrected chi connectivity index (χ2v) is 9.84. The number of rotatable bonds is 5. The third-order valence-electron chi connectivity index (χ3n) is 5.49. The minimum atomic E-state index is -0.408. The van der Waals surface area contributed by atoms with Crippen LogP contribution >= 0.6 is 39.5 Å².